The van der Waals surface area contributed by atoms with Crippen molar-refractivity contribution in [2.24, 2.45) is 0 Å². The number of carbonyl (C=O) groups is 3. The molecule has 0 spiro atoms. The smallest absolute Gasteiger partial charge is 0.341 e. The second kappa shape index (κ2) is 6.80. The summed E-state index contributed by atoms with van der Waals surface area (Å²) in [6.45, 7) is 0.827. The van der Waals surface area contributed by atoms with Gasteiger partial charge in [-0.15, -0.1) is 0 Å². The first-order valence-electron chi connectivity index (χ1n) is 7.04. The molecule has 1 saturated heterocycles. The van der Waals surface area contributed by atoms with Crippen LogP contribution in [0, 0.1) is 0 Å². The van der Waals surface area contributed by atoms with Gasteiger partial charge in [0.1, 0.15) is 6.04 Å². The Morgan fingerprint density at radius 2 is 1.74 bits per heavy atom. The Kier molecular flexibility index (Phi) is 5.02. The third-order valence-corrected chi connectivity index (χ3v) is 3.51. The predicted molar refractivity (Wildman–Crippen MR) is 74.6 cm³/mol. The highest BCUT2D eigenvalue weighted by Gasteiger charge is 2.42. The predicted octanol–water partition coefficient (Wildman–Crippen LogP) is 1.54. The molecule has 1 aromatic rings. The number of nitrogens with one attached hydrogen (secondary N) is 1. The average molecular weight is 328 g/mol. The largest absolute Gasteiger partial charge is 0.471 e. The first kappa shape index (κ1) is 17.0. The van der Waals surface area contributed by atoms with E-state index in [4.69, 9.17) is 0 Å². The van der Waals surface area contributed by atoms with E-state index in [1.54, 1.807) is 23.5 Å². The van der Waals surface area contributed by atoms with Gasteiger partial charge < -0.3 is 10.2 Å². The van der Waals surface area contributed by atoms with E-state index < -0.39 is 36.2 Å². The van der Waals surface area contributed by atoms with Crippen LogP contribution in [-0.2, 0) is 9.59 Å². The first-order chi connectivity index (χ1) is 10.8. The molecule has 1 unspecified atom stereocenters. The van der Waals surface area contributed by atoms with Gasteiger partial charge in [-0.3, -0.25) is 14.4 Å². The summed E-state index contributed by atoms with van der Waals surface area (Å²) in [5, 5.41) is 1.63. The minimum atomic E-state index is -5.11. The molecule has 124 valence electrons. The molecule has 0 aromatic heterocycles. The highest BCUT2D eigenvalue weighted by Crippen LogP contribution is 2.17. The number of rotatable bonds is 5. The summed E-state index contributed by atoms with van der Waals surface area (Å²) >= 11 is 0. The lowest BCUT2D eigenvalue weighted by molar-refractivity contribution is -0.175. The molecule has 5 nitrogen and oxygen atoms in total. The monoisotopic (exact) mass is 328 g/mol. The van der Waals surface area contributed by atoms with Crippen LogP contribution in [0.4, 0.5) is 13.2 Å². The van der Waals surface area contributed by atoms with Crippen molar-refractivity contribution in [2.45, 2.75) is 25.1 Å². The van der Waals surface area contributed by atoms with Crippen LogP contribution in [-0.4, -0.2) is 47.8 Å². The average Bonchev–Trinajstić information content (AvgIpc) is 2.44. The Bertz CT molecular complexity index is 598. The lowest BCUT2D eigenvalue weighted by Gasteiger charge is -2.34. The second-order valence-electron chi connectivity index (χ2n) is 5.20. The van der Waals surface area contributed by atoms with Crippen LogP contribution < -0.4 is 5.32 Å². The highest BCUT2D eigenvalue weighted by molar-refractivity contribution is 6.01. The van der Waals surface area contributed by atoms with Crippen molar-refractivity contribution >= 4 is 17.6 Å². The maximum absolute atomic E-state index is 12.4. The molecule has 0 aliphatic carbocycles. The molecule has 0 bridgehead atoms. The standard InChI is InChI=1S/C15H15F3N2O3/c16-15(17,18)14(23)19-11(13(22)20-7-4-8-20)9-12(21)10-5-2-1-3-6-10/h1-3,5-6,11H,4,7-9H2,(H,19,23). The minimum absolute atomic E-state index is 0.273. The zero-order valence-corrected chi connectivity index (χ0v) is 12.1. The topological polar surface area (TPSA) is 66.5 Å². The van der Waals surface area contributed by atoms with Crippen molar-refractivity contribution in [1.29, 1.82) is 0 Å². The third-order valence-electron chi connectivity index (χ3n) is 3.51. The zero-order valence-electron chi connectivity index (χ0n) is 12.1. The van der Waals surface area contributed by atoms with Gasteiger partial charge >= 0.3 is 12.1 Å². The number of hydrogen-bond acceptors (Lipinski definition) is 3. The fourth-order valence-electron chi connectivity index (χ4n) is 2.12. The van der Waals surface area contributed by atoms with Gasteiger partial charge in [-0.1, -0.05) is 30.3 Å². The van der Waals surface area contributed by atoms with Gasteiger partial charge in [0.15, 0.2) is 5.78 Å². The van der Waals surface area contributed by atoms with E-state index in [0.29, 0.717) is 13.1 Å². The van der Waals surface area contributed by atoms with Gasteiger partial charge in [0.25, 0.3) is 0 Å². The van der Waals surface area contributed by atoms with Crippen LogP contribution in [0.1, 0.15) is 23.2 Å². The van der Waals surface area contributed by atoms with Gasteiger partial charge in [0.05, 0.1) is 0 Å². The second-order valence-corrected chi connectivity index (χ2v) is 5.20. The van der Waals surface area contributed by atoms with Crippen LogP contribution in [0.2, 0.25) is 0 Å². The third kappa shape index (κ3) is 4.30. The maximum atomic E-state index is 12.4. The van der Waals surface area contributed by atoms with E-state index in [1.165, 1.54) is 17.0 Å². The molecule has 23 heavy (non-hydrogen) atoms. The summed E-state index contributed by atoms with van der Waals surface area (Å²) in [7, 11) is 0. The lowest BCUT2D eigenvalue weighted by atomic mass is 10.0. The van der Waals surface area contributed by atoms with Crippen LogP contribution in [0.25, 0.3) is 0 Å². The maximum Gasteiger partial charge on any atom is 0.471 e. The molecule has 0 saturated carbocycles. The van der Waals surface area contributed by atoms with Crippen molar-refractivity contribution in [2.75, 3.05) is 13.1 Å². The molecule has 2 rings (SSSR count). The molecule has 1 heterocycles. The van der Waals surface area contributed by atoms with Gasteiger partial charge in [0, 0.05) is 25.1 Å². The number of Topliss-reactive ketones (excluding diaryl/α,β-unsaturated/α-hetero) is 1. The van der Waals surface area contributed by atoms with Crippen LogP contribution in [0.3, 0.4) is 0 Å². The molecule has 1 fully saturated rings. The Hall–Kier alpha value is -2.38. The van der Waals surface area contributed by atoms with Crippen molar-refractivity contribution in [3.8, 4) is 0 Å². The Morgan fingerprint density at radius 1 is 1.13 bits per heavy atom. The zero-order chi connectivity index (χ0) is 17.0. The number of likely N-dealkylation sites (tertiary alicyclic amines) is 1. The highest BCUT2D eigenvalue weighted by atomic mass is 19.4. The number of amides is 2. The van der Waals surface area contributed by atoms with Crippen molar-refractivity contribution in [3.63, 3.8) is 0 Å². The first-order valence-corrected chi connectivity index (χ1v) is 7.04. The normalized spacial score (nSPS) is 15.5. The summed E-state index contributed by atoms with van der Waals surface area (Å²) in [4.78, 5) is 36.7. The van der Waals surface area contributed by atoms with E-state index in [2.05, 4.69) is 0 Å². The minimum Gasteiger partial charge on any atom is -0.341 e. The number of benzene rings is 1. The van der Waals surface area contributed by atoms with Gasteiger partial charge in [0.2, 0.25) is 5.91 Å². The summed E-state index contributed by atoms with van der Waals surface area (Å²) in [6, 6.07) is 6.38. The number of carbonyl (C=O) groups excluding carboxylic acids is 3. The van der Waals surface area contributed by atoms with Gasteiger partial charge in [-0.25, -0.2) is 0 Å². The Labute approximate surface area is 130 Å². The van der Waals surface area contributed by atoms with E-state index in [9.17, 15) is 27.6 Å². The number of alkyl halides is 3. The summed E-state index contributed by atoms with van der Waals surface area (Å²) < 4.78 is 37.2. The lowest BCUT2D eigenvalue weighted by Crippen LogP contribution is -2.55. The molecule has 0 radical (unpaired) electrons. The Morgan fingerprint density at radius 3 is 2.22 bits per heavy atom. The summed E-state index contributed by atoms with van der Waals surface area (Å²) in [5.74, 6) is -3.40. The molecular formula is C15H15F3N2O3. The summed E-state index contributed by atoms with van der Waals surface area (Å²) in [5.41, 5.74) is 0.273. The Balaban J connectivity index is 2.11. The molecule has 1 aromatic carbocycles. The quantitative estimate of drug-likeness (QED) is 0.834. The van der Waals surface area contributed by atoms with E-state index >= 15 is 0 Å². The van der Waals surface area contributed by atoms with Gasteiger partial charge in [-0.2, -0.15) is 13.2 Å². The fourth-order valence-corrected chi connectivity index (χ4v) is 2.12. The van der Waals surface area contributed by atoms with Crippen LogP contribution in [0.5, 0.6) is 0 Å². The fraction of sp³-hybridized carbons (Fsp3) is 0.400. The molecule has 8 heteroatoms. The van der Waals surface area contributed by atoms with Crippen molar-refractivity contribution in [1.82, 2.24) is 10.2 Å². The van der Waals surface area contributed by atoms with E-state index in [1.807, 2.05) is 0 Å². The number of hydrogen-bond donors (Lipinski definition) is 1. The molecule has 2 amide bonds. The SMILES string of the molecule is O=C(CC(NC(=O)C(F)(F)F)C(=O)N1CCC1)c1ccccc1. The molecular weight excluding hydrogens is 313 g/mol. The van der Waals surface area contributed by atoms with Crippen molar-refractivity contribution in [3.05, 3.63) is 35.9 Å². The van der Waals surface area contributed by atoms with Crippen LogP contribution >= 0.6 is 0 Å². The van der Waals surface area contributed by atoms with Crippen molar-refractivity contribution < 1.29 is 27.6 Å². The molecule has 1 N–H and O–H groups in total. The number of ketones is 1. The molecule has 1 aliphatic rings. The number of nitrogens with zero attached hydrogens (tertiary/aromatic N) is 1. The molecule has 1 atom stereocenters. The summed E-state index contributed by atoms with van der Waals surface area (Å²) in [6.07, 6.45) is -4.87. The number of halogens is 3. The molecule has 1 aliphatic heterocycles. The van der Waals surface area contributed by atoms with E-state index in [0.717, 1.165) is 6.42 Å². The van der Waals surface area contributed by atoms with E-state index in [-0.39, 0.29) is 5.56 Å². The van der Waals surface area contributed by atoms with Crippen LogP contribution in [0.15, 0.2) is 30.3 Å². The van der Waals surface area contributed by atoms with Gasteiger partial charge in [-0.05, 0) is 6.42 Å².